The zero-order valence-corrected chi connectivity index (χ0v) is 15.9. The van der Waals surface area contributed by atoms with E-state index in [4.69, 9.17) is 15.2 Å². The standard InChI is InChI=1S/C23H24N2O3/c1-27-22-15-17(13-14-24)11-12-21(22)28-16-23(26)25-20-10-6-5-9-19(20)18-7-3-2-4-8-18/h2-12,15H,13-14,16,24H2,1H3,(H,25,26). The van der Waals surface area contributed by atoms with Gasteiger partial charge in [-0.2, -0.15) is 0 Å². The summed E-state index contributed by atoms with van der Waals surface area (Å²) in [6, 6.07) is 23.2. The minimum Gasteiger partial charge on any atom is -0.493 e. The Kier molecular flexibility index (Phi) is 6.65. The van der Waals surface area contributed by atoms with E-state index in [1.54, 1.807) is 13.2 Å². The summed E-state index contributed by atoms with van der Waals surface area (Å²) in [4.78, 5) is 12.4. The van der Waals surface area contributed by atoms with Gasteiger partial charge in [-0.1, -0.05) is 54.6 Å². The molecule has 144 valence electrons. The van der Waals surface area contributed by atoms with Gasteiger partial charge in [-0.05, 0) is 42.3 Å². The molecule has 0 radical (unpaired) electrons. The smallest absolute Gasteiger partial charge is 0.262 e. The fourth-order valence-corrected chi connectivity index (χ4v) is 2.94. The first-order valence-corrected chi connectivity index (χ1v) is 9.15. The first kappa shape index (κ1) is 19.5. The molecule has 0 fully saturated rings. The number of nitrogens with two attached hydrogens (primary N) is 1. The van der Waals surface area contributed by atoms with Crippen molar-refractivity contribution in [2.45, 2.75) is 6.42 Å². The van der Waals surface area contributed by atoms with Crippen molar-refractivity contribution in [3.8, 4) is 22.6 Å². The lowest BCUT2D eigenvalue weighted by Crippen LogP contribution is -2.20. The molecule has 3 N–H and O–H groups in total. The number of carbonyl (C=O) groups excluding carboxylic acids is 1. The van der Waals surface area contributed by atoms with Crippen LogP contribution in [-0.2, 0) is 11.2 Å². The highest BCUT2D eigenvalue weighted by atomic mass is 16.5. The van der Waals surface area contributed by atoms with Crippen molar-refractivity contribution < 1.29 is 14.3 Å². The summed E-state index contributed by atoms with van der Waals surface area (Å²) in [6.07, 6.45) is 0.757. The molecule has 0 aromatic heterocycles. The van der Waals surface area contributed by atoms with Crippen molar-refractivity contribution in [1.82, 2.24) is 0 Å². The van der Waals surface area contributed by atoms with Gasteiger partial charge in [0.05, 0.1) is 7.11 Å². The molecule has 0 heterocycles. The van der Waals surface area contributed by atoms with E-state index in [1.165, 1.54) is 0 Å². The van der Waals surface area contributed by atoms with Gasteiger partial charge in [0, 0.05) is 11.3 Å². The maximum absolute atomic E-state index is 12.4. The molecule has 0 aliphatic carbocycles. The molecular weight excluding hydrogens is 352 g/mol. The van der Waals surface area contributed by atoms with Crippen molar-refractivity contribution in [1.29, 1.82) is 0 Å². The van der Waals surface area contributed by atoms with Crippen LogP contribution in [0, 0.1) is 0 Å². The number of carbonyl (C=O) groups is 1. The van der Waals surface area contributed by atoms with Gasteiger partial charge in [0.2, 0.25) is 0 Å². The van der Waals surface area contributed by atoms with Crippen molar-refractivity contribution in [3.05, 3.63) is 78.4 Å². The number of benzene rings is 3. The number of methoxy groups -OCH3 is 1. The van der Waals surface area contributed by atoms with Crippen LogP contribution in [0.25, 0.3) is 11.1 Å². The van der Waals surface area contributed by atoms with Crippen LogP contribution in [-0.4, -0.2) is 26.2 Å². The van der Waals surface area contributed by atoms with Gasteiger partial charge in [-0.25, -0.2) is 0 Å². The topological polar surface area (TPSA) is 73.6 Å². The highest BCUT2D eigenvalue weighted by Gasteiger charge is 2.11. The van der Waals surface area contributed by atoms with Crippen LogP contribution >= 0.6 is 0 Å². The normalized spacial score (nSPS) is 10.4. The van der Waals surface area contributed by atoms with E-state index in [9.17, 15) is 4.79 Å². The Morgan fingerprint density at radius 2 is 1.71 bits per heavy atom. The number of rotatable bonds is 8. The number of para-hydroxylation sites is 1. The largest absolute Gasteiger partial charge is 0.493 e. The van der Waals surface area contributed by atoms with Gasteiger partial charge in [0.15, 0.2) is 18.1 Å². The Labute approximate surface area is 165 Å². The van der Waals surface area contributed by atoms with E-state index in [1.807, 2.05) is 66.7 Å². The summed E-state index contributed by atoms with van der Waals surface area (Å²) < 4.78 is 11.0. The van der Waals surface area contributed by atoms with Crippen LogP contribution in [0.3, 0.4) is 0 Å². The van der Waals surface area contributed by atoms with E-state index in [0.717, 1.165) is 28.8 Å². The average Bonchev–Trinajstić information content (AvgIpc) is 2.74. The average molecular weight is 376 g/mol. The van der Waals surface area contributed by atoms with E-state index in [2.05, 4.69) is 5.32 Å². The van der Waals surface area contributed by atoms with Gasteiger partial charge in [-0.15, -0.1) is 0 Å². The second-order valence-electron chi connectivity index (χ2n) is 6.27. The maximum Gasteiger partial charge on any atom is 0.262 e. The van der Waals surface area contributed by atoms with Gasteiger partial charge < -0.3 is 20.5 Å². The van der Waals surface area contributed by atoms with Gasteiger partial charge >= 0.3 is 0 Å². The molecule has 3 rings (SSSR count). The Balaban J connectivity index is 1.68. The molecule has 0 aliphatic heterocycles. The van der Waals surface area contributed by atoms with Crippen LogP contribution in [0.4, 0.5) is 5.69 Å². The monoisotopic (exact) mass is 376 g/mol. The third kappa shape index (κ3) is 4.90. The summed E-state index contributed by atoms with van der Waals surface area (Å²) in [6.45, 7) is 0.447. The molecule has 0 aliphatic rings. The van der Waals surface area contributed by atoms with Gasteiger partial charge in [-0.3, -0.25) is 4.79 Å². The Morgan fingerprint density at radius 1 is 0.964 bits per heavy atom. The number of hydrogen-bond donors (Lipinski definition) is 2. The molecule has 28 heavy (non-hydrogen) atoms. The van der Waals surface area contributed by atoms with Crippen molar-refractivity contribution in [2.75, 3.05) is 25.6 Å². The molecule has 0 saturated heterocycles. The Hall–Kier alpha value is -3.31. The molecule has 0 saturated carbocycles. The zero-order chi connectivity index (χ0) is 19.8. The summed E-state index contributed by atoms with van der Waals surface area (Å²) in [5.41, 5.74) is 9.39. The lowest BCUT2D eigenvalue weighted by Gasteiger charge is -2.14. The molecule has 0 atom stereocenters. The Bertz CT molecular complexity index is 926. The van der Waals surface area contributed by atoms with Crippen LogP contribution in [0.2, 0.25) is 0 Å². The fourth-order valence-electron chi connectivity index (χ4n) is 2.94. The first-order valence-electron chi connectivity index (χ1n) is 9.15. The predicted molar refractivity (Wildman–Crippen MR) is 112 cm³/mol. The minimum atomic E-state index is -0.239. The summed E-state index contributed by atoms with van der Waals surface area (Å²) in [5.74, 6) is 0.870. The molecule has 3 aromatic rings. The predicted octanol–water partition coefficient (Wildman–Crippen LogP) is 3.88. The fraction of sp³-hybridized carbons (Fsp3) is 0.174. The van der Waals surface area contributed by atoms with E-state index >= 15 is 0 Å². The second-order valence-corrected chi connectivity index (χ2v) is 6.27. The maximum atomic E-state index is 12.4. The third-order valence-corrected chi connectivity index (χ3v) is 4.31. The summed E-state index contributed by atoms with van der Waals surface area (Å²) in [7, 11) is 1.57. The summed E-state index contributed by atoms with van der Waals surface area (Å²) >= 11 is 0. The van der Waals surface area contributed by atoms with Crippen LogP contribution < -0.4 is 20.5 Å². The number of ether oxygens (including phenoxy) is 2. The highest BCUT2D eigenvalue weighted by Crippen LogP contribution is 2.29. The number of anilines is 1. The van der Waals surface area contributed by atoms with Crippen LogP contribution in [0.15, 0.2) is 72.8 Å². The summed E-state index contributed by atoms with van der Waals surface area (Å²) in [5, 5.41) is 2.93. The zero-order valence-electron chi connectivity index (χ0n) is 15.9. The molecule has 1 amide bonds. The number of amides is 1. The molecule has 0 spiro atoms. The van der Waals surface area contributed by atoms with E-state index in [0.29, 0.717) is 18.0 Å². The van der Waals surface area contributed by atoms with Crippen LogP contribution in [0.1, 0.15) is 5.56 Å². The molecule has 0 unspecified atom stereocenters. The SMILES string of the molecule is COc1cc(CCN)ccc1OCC(=O)Nc1ccccc1-c1ccccc1. The van der Waals surface area contributed by atoms with Gasteiger partial charge in [0.25, 0.3) is 5.91 Å². The van der Waals surface area contributed by atoms with Crippen molar-refractivity contribution >= 4 is 11.6 Å². The molecular formula is C23H24N2O3. The third-order valence-electron chi connectivity index (χ3n) is 4.31. The molecule has 3 aromatic carbocycles. The number of nitrogens with one attached hydrogen (secondary N) is 1. The molecule has 5 heteroatoms. The number of hydrogen-bond acceptors (Lipinski definition) is 4. The molecule has 5 nitrogen and oxygen atoms in total. The van der Waals surface area contributed by atoms with E-state index < -0.39 is 0 Å². The first-order chi connectivity index (χ1) is 13.7. The van der Waals surface area contributed by atoms with Gasteiger partial charge in [0.1, 0.15) is 0 Å². The van der Waals surface area contributed by atoms with Crippen molar-refractivity contribution in [2.24, 2.45) is 5.73 Å². The lowest BCUT2D eigenvalue weighted by molar-refractivity contribution is -0.118. The van der Waals surface area contributed by atoms with Crippen LogP contribution in [0.5, 0.6) is 11.5 Å². The quantitative estimate of drug-likeness (QED) is 0.626. The molecule has 0 bridgehead atoms. The van der Waals surface area contributed by atoms with Crippen molar-refractivity contribution in [3.63, 3.8) is 0 Å². The second kappa shape index (κ2) is 9.58. The minimum absolute atomic E-state index is 0.115. The Morgan fingerprint density at radius 3 is 2.46 bits per heavy atom. The van der Waals surface area contributed by atoms with E-state index in [-0.39, 0.29) is 12.5 Å². The highest BCUT2D eigenvalue weighted by molar-refractivity contribution is 5.96. The lowest BCUT2D eigenvalue weighted by atomic mass is 10.0.